The Balaban J connectivity index is 2.20. The van der Waals surface area contributed by atoms with Crippen molar-refractivity contribution in [3.05, 3.63) is 33.9 Å². The molecule has 0 amide bonds. The Hall–Kier alpha value is -1.09. The summed E-state index contributed by atoms with van der Waals surface area (Å²) in [6.07, 6.45) is 7.32. The van der Waals surface area contributed by atoms with E-state index in [0.717, 1.165) is 35.8 Å². The van der Waals surface area contributed by atoms with Gasteiger partial charge in [-0.15, -0.1) is 0 Å². The van der Waals surface area contributed by atoms with Crippen LogP contribution in [0.1, 0.15) is 43.9 Å². The molecule has 1 N–H and O–H groups in total. The Morgan fingerprint density at radius 1 is 1.20 bits per heavy atom. The molecule has 1 aliphatic carbocycles. The lowest BCUT2D eigenvalue weighted by Crippen LogP contribution is -2.07. The van der Waals surface area contributed by atoms with E-state index in [9.17, 15) is 0 Å². The highest BCUT2D eigenvalue weighted by Gasteiger charge is 2.17. The number of hydrogen-bond acceptors (Lipinski definition) is 2. The van der Waals surface area contributed by atoms with Crippen molar-refractivity contribution in [2.75, 3.05) is 11.9 Å². The van der Waals surface area contributed by atoms with Crippen LogP contribution in [-0.4, -0.2) is 11.5 Å². The third-order valence-corrected chi connectivity index (χ3v) is 4.52. The first-order valence-corrected chi connectivity index (χ1v) is 8.43. The van der Waals surface area contributed by atoms with E-state index >= 15 is 0 Å². The number of anilines is 1. The van der Waals surface area contributed by atoms with Crippen LogP contribution in [0.5, 0.6) is 0 Å². The first kappa shape index (κ1) is 13.9. The van der Waals surface area contributed by atoms with Crippen molar-refractivity contribution in [3.8, 4) is 0 Å². The van der Waals surface area contributed by atoms with Gasteiger partial charge in [-0.1, -0.05) is 29.3 Å². The number of rotatable bonds is 3. The Bertz CT molecular complexity index is 622. The molecule has 1 heterocycles. The number of hydrogen-bond donors (Lipinski definition) is 1. The molecule has 0 saturated carbocycles. The molecule has 20 heavy (non-hydrogen) atoms. The number of nitrogens with one attached hydrogen (secondary N) is 1. The van der Waals surface area contributed by atoms with Crippen molar-refractivity contribution >= 4 is 32.5 Å². The van der Waals surface area contributed by atoms with Gasteiger partial charge >= 0.3 is 0 Å². The lowest BCUT2D eigenvalue weighted by molar-refractivity contribution is 0.709. The molecule has 2 nitrogen and oxygen atoms in total. The monoisotopic (exact) mass is 332 g/mol. The van der Waals surface area contributed by atoms with Gasteiger partial charge in [0.2, 0.25) is 0 Å². The molecule has 106 valence electrons. The quantitative estimate of drug-likeness (QED) is 0.792. The average molecular weight is 333 g/mol. The molecule has 1 aliphatic rings. The molecule has 0 fully saturated rings. The minimum Gasteiger partial charge on any atom is -0.384 e. The van der Waals surface area contributed by atoms with Crippen LogP contribution in [0.15, 0.2) is 22.7 Å². The van der Waals surface area contributed by atoms with Gasteiger partial charge in [-0.05, 0) is 55.9 Å². The molecule has 0 bridgehead atoms. The molecule has 2 aromatic rings. The van der Waals surface area contributed by atoms with E-state index < -0.39 is 0 Å². The predicted molar refractivity (Wildman–Crippen MR) is 89.5 cm³/mol. The SMILES string of the molecule is CCCNc1c2c(nc3ccc(Br)cc13)CCCCC2. The Morgan fingerprint density at radius 3 is 2.90 bits per heavy atom. The standard InChI is InChI=1S/C17H21BrN2/c1-2-10-19-17-13-6-4-3-5-7-15(13)20-16-9-8-12(18)11-14(16)17/h8-9,11H,2-7,10H2,1H3,(H,19,20). The average Bonchev–Trinajstić information content (AvgIpc) is 2.69. The molecule has 0 aliphatic heterocycles. The zero-order chi connectivity index (χ0) is 13.9. The zero-order valence-electron chi connectivity index (χ0n) is 12.0. The van der Waals surface area contributed by atoms with E-state index in [4.69, 9.17) is 4.98 Å². The van der Waals surface area contributed by atoms with Crippen LogP contribution in [-0.2, 0) is 12.8 Å². The van der Waals surface area contributed by atoms with Crippen LogP contribution in [0.4, 0.5) is 5.69 Å². The van der Waals surface area contributed by atoms with Gasteiger partial charge in [0.05, 0.1) is 5.52 Å². The third-order valence-electron chi connectivity index (χ3n) is 4.03. The van der Waals surface area contributed by atoms with Gasteiger partial charge in [0.1, 0.15) is 0 Å². The Labute approximate surface area is 129 Å². The molecule has 0 atom stereocenters. The van der Waals surface area contributed by atoms with Crippen LogP contribution in [0.25, 0.3) is 10.9 Å². The van der Waals surface area contributed by atoms with Crippen LogP contribution in [0, 0.1) is 0 Å². The molecular weight excluding hydrogens is 312 g/mol. The highest BCUT2D eigenvalue weighted by atomic mass is 79.9. The van der Waals surface area contributed by atoms with Crippen molar-refractivity contribution in [1.29, 1.82) is 0 Å². The topological polar surface area (TPSA) is 24.9 Å². The summed E-state index contributed by atoms with van der Waals surface area (Å²) in [5, 5.41) is 4.92. The summed E-state index contributed by atoms with van der Waals surface area (Å²) >= 11 is 3.59. The van der Waals surface area contributed by atoms with Gasteiger partial charge in [0, 0.05) is 27.8 Å². The molecule has 1 aromatic carbocycles. The van der Waals surface area contributed by atoms with Crippen LogP contribution in [0.3, 0.4) is 0 Å². The fourth-order valence-electron chi connectivity index (χ4n) is 3.02. The van der Waals surface area contributed by atoms with E-state index in [1.165, 1.54) is 41.6 Å². The van der Waals surface area contributed by atoms with Crippen molar-refractivity contribution in [2.45, 2.75) is 45.4 Å². The van der Waals surface area contributed by atoms with Gasteiger partial charge in [-0.3, -0.25) is 4.98 Å². The van der Waals surface area contributed by atoms with E-state index in [-0.39, 0.29) is 0 Å². The number of nitrogens with zero attached hydrogens (tertiary/aromatic N) is 1. The molecule has 0 unspecified atom stereocenters. The smallest absolute Gasteiger partial charge is 0.0727 e. The van der Waals surface area contributed by atoms with Crippen molar-refractivity contribution in [1.82, 2.24) is 4.98 Å². The summed E-state index contributed by atoms with van der Waals surface area (Å²) in [5.74, 6) is 0. The summed E-state index contributed by atoms with van der Waals surface area (Å²) in [5.41, 5.74) is 5.22. The van der Waals surface area contributed by atoms with Gasteiger partial charge in [0.25, 0.3) is 0 Å². The number of benzene rings is 1. The van der Waals surface area contributed by atoms with Crippen molar-refractivity contribution in [2.24, 2.45) is 0 Å². The van der Waals surface area contributed by atoms with Crippen molar-refractivity contribution < 1.29 is 0 Å². The van der Waals surface area contributed by atoms with Gasteiger partial charge in [-0.25, -0.2) is 0 Å². The highest BCUT2D eigenvalue weighted by molar-refractivity contribution is 9.10. The zero-order valence-corrected chi connectivity index (χ0v) is 13.6. The molecule has 3 heteroatoms. The molecule has 3 rings (SSSR count). The maximum atomic E-state index is 4.92. The number of aryl methyl sites for hydroxylation is 1. The normalized spacial score (nSPS) is 14.9. The highest BCUT2D eigenvalue weighted by Crippen LogP contribution is 2.34. The summed E-state index contributed by atoms with van der Waals surface area (Å²) < 4.78 is 1.12. The Kier molecular flexibility index (Phi) is 4.25. The van der Waals surface area contributed by atoms with Gasteiger partial charge in [-0.2, -0.15) is 0 Å². The summed E-state index contributed by atoms with van der Waals surface area (Å²) in [4.78, 5) is 4.92. The van der Waals surface area contributed by atoms with E-state index in [0.29, 0.717) is 0 Å². The first-order valence-electron chi connectivity index (χ1n) is 7.64. The molecule has 0 spiro atoms. The first-order chi connectivity index (χ1) is 9.79. The van der Waals surface area contributed by atoms with Crippen LogP contribution in [0.2, 0.25) is 0 Å². The van der Waals surface area contributed by atoms with Gasteiger partial charge in [0.15, 0.2) is 0 Å². The fraction of sp³-hybridized carbons (Fsp3) is 0.471. The lowest BCUT2D eigenvalue weighted by atomic mass is 10.0. The summed E-state index contributed by atoms with van der Waals surface area (Å²) in [6.45, 7) is 3.24. The molecular formula is C17H21BrN2. The fourth-order valence-corrected chi connectivity index (χ4v) is 3.39. The minimum absolute atomic E-state index is 1.03. The van der Waals surface area contributed by atoms with E-state index in [1.807, 2.05) is 0 Å². The minimum atomic E-state index is 1.03. The lowest BCUT2D eigenvalue weighted by Gasteiger charge is -2.17. The summed E-state index contributed by atoms with van der Waals surface area (Å²) in [6, 6.07) is 6.41. The third kappa shape index (κ3) is 2.69. The van der Waals surface area contributed by atoms with Crippen molar-refractivity contribution in [3.63, 3.8) is 0 Å². The second-order valence-corrected chi connectivity index (χ2v) is 6.48. The maximum Gasteiger partial charge on any atom is 0.0727 e. The van der Waals surface area contributed by atoms with Crippen LogP contribution >= 0.6 is 15.9 Å². The molecule has 0 saturated heterocycles. The second-order valence-electron chi connectivity index (χ2n) is 5.56. The maximum absolute atomic E-state index is 4.92. The Morgan fingerprint density at radius 2 is 2.05 bits per heavy atom. The second kappa shape index (κ2) is 6.13. The predicted octanol–water partition coefficient (Wildman–Crippen LogP) is 5.09. The number of fused-ring (bicyclic) bond motifs is 2. The van der Waals surface area contributed by atoms with E-state index in [2.05, 4.69) is 46.4 Å². The largest absolute Gasteiger partial charge is 0.384 e. The number of halogens is 1. The van der Waals surface area contributed by atoms with Crippen LogP contribution < -0.4 is 5.32 Å². The molecule has 1 aromatic heterocycles. The number of aromatic nitrogens is 1. The van der Waals surface area contributed by atoms with E-state index in [1.54, 1.807) is 0 Å². The van der Waals surface area contributed by atoms with Gasteiger partial charge < -0.3 is 5.32 Å². The summed E-state index contributed by atoms with van der Waals surface area (Å²) in [7, 11) is 0. The molecule has 0 radical (unpaired) electrons. The number of pyridine rings is 1.